The Balaban J connectivity index is 1.92. The van der Waals surface area contributed by atoms with Crippen molar-refractivity contribution in [1.29, 1.82) is 0 Å². The molecule has 0 unspecified atom stereocenters. The first-order valence-electron chi connectivity index (χ1n) is 7.56. The highest BCUT2D eigenvalue weighted by Gasteiger charge is 2.23. The molecular formula is C17H12IN5O4. The van der Waals surface area contributed by atoms with Gasteiger partial charge >= 0.3 is 11.7 Å². The fourth-order valence-corrected chi connectivity index (χ4v) is 2.60. The monoisotopic (exact) mass is 477 g/mol. The van der Waals surface area contributed by atoms with Gasteiger partial charge in [0.25, 0.3) is 0 Å². The predicted octanol–water partition coefficient (Wildman–Crippen LogP) is 4.17. The minimum absolute atomic E-state index is 0.00825. The van der Waals surface area contributed by atoms with Gasteiger partial charge in [-0.05, 0) is 71.1 Å². The summed E-state index contributed by atoms with van der Waals surface area (Å²) in [6.07, 6.45) is 1.20. The molecule has 0 radical (unpaired) electrons. The zero-order valence-electron chi connectivity index (χ0n) is 13.6. The molecule has 0 atom stereocenters. The lowest BCUT2D eigenvalue weighted by Crippen LogP contribution is -2.05. The van der Waals surface area contributed by atoms with Crippen molar-refractivity contribution in [3.8, 4) is 0 Å². The Morgan fingerprint density at radius 2 is 1.44 bits per heavy atom. The second-order valence-corrected chi connectivity index (χ2v) is 6.56. The number of carboxylic acid groups (broad SMARTS) is 1. The number of carboxylic acids is 1. The molecule has 10 heteroatoms. The molecule has 0 bridgehead atoms. The van der Waals surface area contributed by atoms with Crippen molar-refractivity contribution < 1.29 is 14.8 Å². The molecule has 27 heavy (non-hydrogen) atoms. The molecular weight excluding hydrogens is 465 g/mol. The molecule has 0 amide bonds. The summed E-state index contributed by atoms with van der Waals surface area (Å²) in [4.78, 5) is 29.8. The van der Waals surface area contributed by atoms with Crippen LogP contribution in [0.25, 0.3) is 0 Å². The van der Waals surface area contributed by atoms with E-state index >= 15 is 0 Å². The topological polar surface area (TPSA) is 130 Å². The van der Waals surface area contributed by atoms with Gasteiger partial charge in [0.05, 0.1) is 10.5 Å². The zero-order chi connectivity index (χ0) is 19.4. The summed E-state index contributed by atoms with van der Waals surface area (Å²) >= 11 is 2.16. The van der Waals surface area contributed by atoms with E-state index in [4.69, 9.17) is 5.11 Å². The van der Waals surface area contributed by atoms with Crippen molar-refractivity contribution in [2.45, 2.75) is 0 Å². The number of nitrogens with zero attached hydrogens (tertiary/aromatic N) is 3. The Kier molecular flexibility index (Phi) is 5.45. The van der Waals surface area contributed by atoms with Crippen LogP contribution in [0.5, 0.6) is 0 Å². The Morgan fingerprint density at radius 3 is 1.89 bits per heavy atom. The first-order chi connectivity index (χ1) is 12.9. The molecule has 2 aromatic carbocycles. The summed E-state index contributed by atoms with van der Waals surface area (Å²) in [6, 6.07) is 13.1. The maximum atomic E-state index is 11.6. The van der Waals surface area contributed by atoms with Crippen molar-refractivity contribution in [2.75, 3.05) is 10.6 Å². The van der Waals surface area contributed by atoms with Gasteiger partial charge in [0, 0.05) is 14.9 Å². The highest BCUT2D eigenvalue weighted by molar-refractivity contribution is 14.1. The molecule has 0 spiro atoms. The number of hydrogen-bond donors (Lipinski definition) is 3. The SMILES string of the molecule is O=C(O)c1ccc(Nc2ncnc(Nc3ccc(I)cc3)c2[N+](=O)[O-])cc1. The molecule has 3 aromatic rings. The summed E-state index contributed by atoms with van der Waals surface area (Å²) < 4.78 is 1.03. The molecule has 0 aliphatic carbocycles. The van der Waals surface area contributed by atoms with Crippen LogP contribution >= 0.6 is 22.6 Å². The number of carbonyl (C=O) groups is 1. The number of aromatic nitrogens is 2. The second-order valence-electron chi connectivity index (χ2n) is 5.32. The van der Waals surface area contributed by atoms with Crippen LogP contribution in [0.2, 0.25) is 0 Å². The maximum absolute atomic E-state index is 11.6. The van der Waals surface area contributed by atoms with E-state index in [1.807, 2.05) is 12.1 Å². The maximum Gasteiger partial charge on any atom is 0.353 e. The van der Waals surface area contributed by atoms with E-state index in [0.29, 0.717) is 11.4 Å². The van der Waals surface area contributed by atoms with E-state index in [-0.39, 0.29) is 22.9 Å². The van der Waals surface area contributed by atoms with E-state index in [1.54, 1.807) is 12.1 Å². The Hall–Kier alpha value is -3.28. The Labute approximate surface area is 166 Å². The van der Waals surface area contributed by atoms with Crippen molar-refractivity contribution in [1.82, 2.24) is 9.97 Å². The van der Waals surface area contributed by atoms with Crippen LogP contribution < -0.4 is 10.6 Å². The highest BCUT2D eigenvalue weighted by Crippen LogP contribution is 2.33. The summed E-state index contributed by atoms with van der Waals surface area (Å²) in [5, 5.41) is 26.3. The van der Waals surface area contributed by atoms with Crippen LogP contribution in [0.4, 0.5) is 28.7 Å². The van der Waals surface area contributed by atoms with Crippen LogP contribution in [0.1, 0.15) is 10.4 Å². The van der Waals surface area contributed by atoms with Crippen LogP contribution in [-0.4, -0.2) is 26.0 Å². The third-order valence-corrected chi connectivity index (χ3v) is 4.23. The summed E-state index contributed by atoms with van der Waals surface area (Å²) in [6.45, 7) is 0. The average molecular weight is 477 g/mol. The minimum Gasteiger partial charge on any atom is -0.478 e. The lowest BCUT2D eigenvalue weighted by Gasteiger charge is -2.10. The normalized spacial score (nSPS) is 10.3. The predicted molar refractivity (Wildman–Crippen MR) is 108 cm³/mol. The Bertz CT molecular complexity index is 993. The van der Waals surface area contributed by atoms with Gasteiger partial charge in [0.2, 0.25) is 11.6 Å². The summed E-state index contributed by atoms with van der Waals surface area (Å²) in [5.41, 5.74) is 0.896. The molecule has 3 N–H and O–H groups in total. The number of aromatic carboxylic acids is 1. The van der Waals surface area contributed by atoms with E-state index in [0.717, 1.165) is 3.57 Å². The standard InChI is InChI=1S/C17H12IN5O4/c18-11-3-7-13(8-4-11)22-16-14(23(26)27)15(19-9-20-16)21-12-5-1-10(2-6-12)17(24)25/h1-9H,(H,24,25)(H2,19,20,21,22). The largest absolute Gasteiger partial charge is 0.478 e. The number of rotatable bonds is 6. The molecule has 1 aromatic heterocycles. The summed E-state index contributed by atoms with van der Waals surface area (Å²) in [7, 11) is 0. The van der Waals surface area contributed by atoms with Crippen LogP contribution in [-0.2, 0) is 0 Å². The molecule has 0 saturated heterocycles. The molecule has 0 saturated carbocycles. The lowest BCUT2D eigenvalue weighted by atomic mass is 10.2. The molecule has 9 nitrogen and oxygen atoms in total. The average Bonchev–Trinajstić information content (AvgIpc) is 2.64. The quantitative estimate of drug-likeness (QED) is 0.274. The van der Waals surface area contributed by atoms with Crippen molar-refractivity contribution >= 4 is 57.3 Å². The first kappa shape index (κ1) is 18.5. The number of nitrogens with one attached hydrogen (secondary N) is 2. The van der Waals surface area contributed by atoms with Crippen molar-refractivity contribution in [2.24, 2.45) is 0 Å². The van der Waals surface area contributed by atoms with Gasteiger partial charge in [-0.2, -0.15) is 0 Å². The molecule has 0 aliphatic rings. The molecule has 136 valence electrons. The van der Waals surface area contributed by atoms with E-state index < -0.39 is 10.9 Å². The fourth-order valence-electron chi connectivity index (χ4n) is 2.24. The smallest absolute Gasteiger partial charge is 0.353 e. The zero-order valence-corrected chi connectivity index (χ0v) is 15.7. The van der Waals surface area contributed by atoms with Gasteiger partial charge in [0.1, 0.15) is 6.33 Å². The van der Waals surface area contributed by atoms with Gasteiger partial charge in [-0.1, -0.05) is 0 Å². The van der Waals surface area contributed by atoms with E-state index in [9.17, 15) is 14.9 Å². The third-order valence-electron chi connectivity index (χ3n) is 3.51. The Morgan fingerprint density at radius 1 is 0.963 bits per heavy atom. The number of anilines is 4. The van der Waals surface area contributed by atoms with Crippen molar-refractivity contribution in [3.05, 3.63) is 74.1 Å². The van der Waals surface area contributed by atoms with Crippen LogP contribution in [0, 0.1) is 13.7 Å². The summed E-state index contributed by atoms with van der Waals surface area (Å²) in [5.74, 6) is -1.02. The number of halogens is 1. The molecule has 3 rings (SSSR count). The third kappa shape index (κ3) is 4.47. The molecule has 1 heterocycles. The second kappa shape index (κ2) is 7.95. The van der Waals surface area contributed by atoms with Gasteiger partial charge < -0.3 is 15.7 Å². The van der Waals surface area contributed by atoms with Gasteiger partial charge in [-0.25, -0.2) is 14.8 Å². The van der Waals surface area contributed by atoms with E-state index in [2.05, 4.69) is 43.2 Å². The van der Waals surface area contributed by atoms with Crippen LogP contribution in [0.3, 0.4) is 0 Å². The lowest BCUT2D eigenvalue weighted by molar-refractivity contribution is -0.383. The number of benzene rings is 2. The minimum atomic E-state index is -1.06. The fraction of sp³-hybridized carbons (Fsp3) is 0. The van der Waals surface area contributed by atoms with E-state index in [1.165, 1.54) is 30.6 Å². The van der Waals surface area contributed by atoms with Gasteiger partial charge in [0.15, 0.2) is 0 Å². The number of hydrogen-bond acceptors (Lipinski definition) is 7. The number of nitro groups is 1. The van der Waals surface area contributed by atoms with Crippen LogP contribution in [0.15, 0.2) is 54.9 Å². The van der Waals surface area contributed by atoms with Gasteiger partial charge in [-0.3, -0.25) is 10.1 Å². The first-order valence-corrected chi connectivity index (χ1v) is 8.64. The molecule has 0 aliphatic heterocycles. The van der Waals surface area contributed by atoms with Crippen molar-refractivity contribution in [3.63, 3.8) is 0 Å². The van der Waals surface area contributed by atoms with Gasteiger partial charge in [-0.15, -0.1) is 0 Å². The highest BCUT2D eigenvalue weighted by atomic mass is 127. The molecule has 0 fully saturated rings.